The van der Waals surface area contributed by atoms with E-state index in [0.29, 0.717) is 16.1 Å². The average molecular weight is 513 g/mol. The van der Waals surface area contributed by atoms with Gasteiger partial charge in [-0.05, 0) is 42.5 Å². The molecule has 0 saturated carbocycles. The number of methoxy groups -OCH3 is 1. The van der Waals surface area contributed by atoms with Gasteiger partial charge in [-0.15, -0.1) is 5.10 Å². The zero-order valence-corrected chi connectivity index (χ0v) is 19.5. The van der Waals surface area contributed by atoms with Crippen LogP contribution in [0.5, 0.6) is 17.2 Å². The third kappa shape index (κ3) is 4.88. The van der Waals surface area contributed by atoms with E-state index in [2.05, 4.69) is 5.10 Å². The molecule has 1 aliphatic heterocycles. The van der Waals surface area contributed by atoms with Crippen molar-refractivity contribution < 1.29 is 28.9 Å². The Morgan fingerprint density at radius 2 is 1.78 bits per heavy atom. The highest BCUT2D eigenvalue weighted by Crippen LogP contribution is 2.40. The SMILES string of the molecule is COc1cc([C@@H]2OC(c3cccc(Cl)c3)=NN2C(C)=O)ccc1Oc1ccc([N+](=O)[O-])cc1[N+](=O)[O-]. The molecule has 1 amide bonds. The minimum absolute atomic E-state index is 0.0987. The third-order valence-corrected chi connectivity index (χ3v) is 5.32. The van der Waals surface area contributed by atoms with Crippen LogP contribution in [0.25, 0.3) is 0 Å². The standard InChI is InChI=1S/C23H17ClN4O8/c1-13(29)26-23(36-22(25-26)14-4-3-5-16(24)10-14)15-6-8-20(21(11-15)34-2)35-19-9-7-17(27(30)31)12-18(19)28(32)33/h3-12,23H,1-2H3/t23-/m0/s1. The summed E-state index contributed by atoms with van der Waals surface area (Å²) in [6.45, 7) is 1.34. The topological polar surface area (TPSA) is 147 Å². The van der Waals surface area contributed by atoms with Gasteiger partial charge in [-0.2, -0.15) is 5.01 Å². The van der Waals surface area contributed by atoms with E-state index in [1.165, 1.54) is 26.2 Å². The molecule has 12 nitrogen and oxygen atoms in total. The number of hydrazone groups is 1. The van der Waals surface area contributed by atoms with Crippen molar-refractivity contribution in [3.8, 4) is 17.2 Å². The minimum atomic E-state index is -0.923. The molecule has 1 aliphatic rings. The number of carbonyl (C=O) groups is 1. The molecular formula is C23H17ClN4O8. The number of nitrogens with zero attached hydrogens (tertiary/aromatic N) is 4. The van der Waals surface area contributed by atoms with Crippen molar-refractivity contribution in [2.24, 2.45) is 5.10 Å². The Labute approximate surface area is 208 Å². The molecule has 1 heterocycles. The number of hydrogen-bond donors (Lipinski definition) is 0. The second-order valence-electron chi connectivity index (χ2n) is 7.43. The van der Waals surface area contributed by atoms with E-state index in [1.807, 2.05) is 0 Å². The van der Waals surface area contributed by atoms with Gasteiger partial charge in [0.1, 0.15) is 0 Å². The van der Waals surface area contributed by atoms with Crippen LogP contribution in [-0.4, -0.2) is 33.8 Å². The average Bonchev–Trinajstić information content (AvgIpc) is 3.30. The molecule has 36 heavy (non-hydrogen) atoms. The molecule has 0 radical (unpaired) electrons. The first-order valence-corrected chi connectivity index (χ1v) is 10.7. The molecule has 3 aromatic rings. The highest BCUT2D eigenvalue weighted by molar-refractivity contribution is 6.31. The van der Waals surface area contributed by atoms with Gasteiger partial charge >= 0.3 is 5.69 Å². The Morgan fingerprint density at radius 1 is 1.03 bits per heavy atom. The van der Waals surface area contributed by atoms with Gasteiger partial charge in [-0.3, -0.25) is 25.0 Å². The summed E-state index contributed by atoms with van der Waals surface area (Å²) in [7, 11) is 1.36. The van der Waals surface area contributed by atoms with Crippen LogP contribution in [0.15, 0.2) is 65.8 Å². The smallest absolute Gasteiger partial charge is 0.318 e. The quantitative estimate of drug-likeness (QED) is 0.310. The number of carbonyl (C=O) groups excluding carboxylic acids is 1. The summed E-state index contributed by atoms with van der Waals surface area (Å²) in [5, 5.41) is 28.3. The maximum Gasteiger partial charge on any atom is 0.318 e. The normalized spacial score (nSPS) is 14.6. The Bertz CT molecular complexity index is 1410. The van der Waals surface area contributed by atoms with Crippen molar-refractivity contribution in [2.75, 3.05) is 7.11 Å². The van der Waals surface area contributed by atoms with Crippen molar-refractivity contribution in [1.82, 2.24) is 5.01 Å². The van der Waals surface area contributed by atoms with Crippen LogP contribution < -0.4 is 9.47 Å². The van der Waals surface area contributed by atoms with Gasteiger partial charge in [0.15, 0.2) is 11.5 Å². The molecule has 1 atom stereocenters. The number of non-ortho nitro benzene ring substituents is 1. The number of amides is 1. The highest BCUT2D eigenvalue weighted by atomic mass is 35.5. The van der Waals surface area contributed by atoms with Crippen LogP contribution in [0, 0.1) is 20.2 Å². The summed E-state index contributed by atoms with van der Waals surface area (Å²) in [6, 6.07) is 14.4. The fraction of sp³-hybridized carbons (Fsp3) is 0.130. The molecular weight excluding hydrogens is 496 g/mol. The predicted octanol–water partition coefficient (Wildman–Crippen LogP) is 5.20. The molecule has 0 unspecified atom stereocenters. The second kappa shape index (κ2) is 9.88. The van der Waals surface area contributed by atoms with Gasteiger partial charge in [-0.25, -0.2) is 0 Å². The van der Waals surface area contributed by atoms with Crippen molar-refractivity contribution in [2.45, 2.75) is 13.2 Å². The number of halogens is 1. The molecule has 13 heteroatoms. The van der Waals surface area contributed by atoms with Gasteiger partial charge in [-0.1, -0.05) is 17.7 Å². The summed E-state index contributed by atoms with van der Waals surface area (Å²) in [6.07, 6.45) is -0.923. The number of rotatable bonds is 7. The van der Waals surface area contributed by atoms with Crippen LogP contribution in [0.1, 0.15) is 24.3 Å². The summed E-state index contributed by atoms with van der Waals surface area (Å²) < 4.78 is 17.0. The Kier molecular flexibility index (Phi) is 6.70. The Morgan fingerprint density at radius 3 is 2.42 bits per heavy atom. The lowest BCUT2D eigenvalue weighted by Gasteiger charge is -2.20. The Hall–Kier alpha value is -4.71. The monoisotopic (exact) mass is 512 g/mol. The molecule has 0 bridgehead atoms. The summed E-state index contributed by atoms with van der Waals surface area (Å²) in [5.41, 5.74) is 0.0216. The zero-order chi connectivity index (χ0) is 26.0. The van der Waals surface area contributed by atoms with E-state index < -0.39 is 27.4 Å². The zero-order valence-electron chi connectivity index (χ0n) is 18.8. The van der Waals surface area contributed by atoms with E-state index in [0.717, 1.165) is 23.2 Å². The van der Waals surface area contributed by atoms with Crippen molar-refractivity contribution >= 4 is 34.8 Å². The van der Waals surface area contributed by atoms with E-state index in [-0.39, 0.29) is 29.1 Å². The van der Waals surface area contributed by atoms with Crippen LogP contribution in [-0.2, 0) is 9.53 Å². The maximum atomic E-state index is 12.3. The van der Waals surface area contributed by atoms with Gasteiger partial charge in [0.05, 0.1) is 23.0 Å². The minimum Gasteiger partial charge on any atom is -0.493 e. The van der Waals surface area contributed by atoms with Crippen molar-refractivity contribution in [3.05, 3.63) is 97.0 Å². The van der Waals surface area contributed by atoms with Crippen LogP contribution >= 0.6 is 11.6 Å². The predicted molar refractivity (Wildman–Crippen MR) is 127 cm³/mol. The fourth-order valence-electron chi connectivity index (χ4n) is 3.41. The molecule has 4 rings (SSSR count). The van der Waals surface area contributed by atoms with Gasteiger partial charge in [0.2, 0.25) is 23.8 Å². The molecule has 3 aromatic carbocycles. The molecule has 0 aliphatic carbocycles. The van der Waals surface area contributed by atoms with Crippen LogP contribution in [0.2, 0.25) is 5.02 Å². The third-order valence-electron chi connectivity index (χ3n) is 5.08. The number of nitro groups is 2. The first kappa shape index (κ1) is 24.4. The fourth-order valence-corrected chi connectivity index (χ4v) is 3.60. The van der Waals surface area contributed by atoms with Gasteiger partial charge in [0, 0.05) is 29.1 Å². The maximum absolute atomic E-state index is 12.3. The number of ether oxygens (including phenoxy) is 3. The summed E-state index contributed by atoms with van der Waals surface area (Å²) in [4.78, 5) is 33.1. The number of nitro benzene ring substituents is 2. The molecule has 0 fully saturated rings. The van der Waals surface area contributed by atoms with E-state index >= 15 is 0 Å². The Balaban J connectivity index is 1.65. The highest BCUT2D eigenvalue weighted by Gasteiger charge is 2.34. The lowest BCUT2D eigenvalue weighted by atomic mass is 10.1. The van der Waals surface area contributed by atoms with Crippen LogP contribution in [0.4, 0.5) is 11.4 Å². The lowest BCUT2D eigenvalue weighted by molar-refractivity contribution is -0.394. The van der Waals surface area contributed by atoms with E-state index in [9.17, 15) is 25.0 Å². The summed E-state index contributed by atoms with van der Waals surface area (Å²) >= 11 is 6.06. The van der Waals surface area contributed by atoms with E-state index in [4.69, 9.17) is 25.8 Å². The number of benzene rings is 3. The van der Waals surface area contributed by atoms with Gasteiger partial charge in [0.25, 0.3) is 5.69 Å². The molecule has 0 aromatic heterocycles. The molecule has 184 valence electrons. The first-order valence-electron chi connectivity index (χ1n) is 10.3. The first-order chi connectivity index (χ1) is 17.2. The second-order valence-corrected chi connectivity index (χ2v) is 7.86. The van der Waals surface area contributed by atoms with Crippen molar-refractivity contribution in [3.63, 3.8) is 0 Å². The molecule has 0 saturated heterocycles. The number of hydrogen-bond acceptors (Lipinski definition) is 9. The van der Waals surface area contributed by atoms with Crippen LogP contribution in [0.3, 0.4) is 0 Å². The van der Waals surface area contributed by atoms with E-state index in [1.54, 1.807) is 30.3 Å². The summed E-state index contributed by atoms with van der Waals surface area (Å²) in [5.74, 6) is -0.132. The van der Waals surface area contributed by atoms with Gasteiger partial charge < -0.3 is 14.2 Å². The molecule has 0 spiro atoms. The largest absolute Gasteiger partial charge is 0.493 e. The lowest BCUT2D eigenvalue weighted by Crippen LogP contribution is -2.25. The van der Waals surface area contributed by atoms with Crippen molar-refractivity contribution in [1.29, 1.82) is 0 Å². The molecule has 0 N–H and O–H groups in total.